The van der Waals surface area contributed by atoms with Crippen molar-refractivity contribution in [2.45, 2.75) is 13.3 Å². The molecule has 0 aliphatic carbocycles. The van der Waals surface area contributed by atoms with Crippen molar-refractivity contribution in [2.24, 2.45) is 11.7 Å². The fraction of sp³-hybridized carbons (Fsp3) is 0.438. The Bertz CT molecular complexity index is 539. The Hall–Kier alpha value is -1.44. The van der Waals surface area contributed by atoms with E-state index >= 15 is 0 Å². The molecule has 1 fully saturated rings. The van der Waals surface area contributed by atoms with Gasteiger partial charge in [0.05, 0.1) is 6.54 Å². The summed E-state index contributed by atoms with van der Waals surface area (Å²) in [6.45, 7) is 3.07. The second-order valence-corrected chi connectivity index (χ2v) is 6.18. The Labute approximate surface area is 124 Å². The molecule has 1 aromatic rings. The van der Waals surface area contributed by atoms with Gasteiger partial charge in [0.2, 0.25) is 0 Å². The molecule has 20 heavy (non-hydrogen) atoms. The van der Waals surface area contributed by atoms with Gasteiger partial charge in [-0.2, -0.15) is 11.8 Å². The first-order valence-corrected chi connectivity index (χ1v) is 8.01. The van der Waals surface area contributed by atoms with Gasteiger partial charge in [-0.25, -0.2) is 0 Å². The Morgan fingerprint density at radius 3 is 3.05 bits per heavy atom. The first-order chi connectivity index (χ1) is 9.69. The van der Waals surface area contributed by atoms with E-state index in [-0.39, 0.29) is 5.91 Å². The quantitative estimate of drug-likeness (QED) is 0.834. The number of benzene rings is 1. The summed E-state index contributed by atoms with van der Waals surface area (Å²) in [7, 11) is 0. The molecule has 1 saturated heterocycles. The fourth-order valence-corrected chi connectivity index (χ4v) is 3.51. The van der Waals surface area contributed by atoms with Crippen molar-refractivity contribution < 1.29 is 4.79 Å². The Morgan fingerprint density at radius 2 is 2.35 bits per heavy atom. The number of rotatable bonds is 3. The molecule has 1 aliphatic rings. The van der Waals surface area contributed by atoms with Crippen LogP contribution in [-0.4, -0.2) is 30.5 Å². The fourth-order valence-electron chi connectivity index (χ4n) is 2.22. The largest absolute Gasteiger partial charge is 0.352 e. The van der Waals surface area contributed by atoms with Gasteiger partial charge in [0.25, 0.3) is 5.91 Å². The maximum Gasteiger partial charge on any atom is 0.251 e. The number of nitrogens with two attached hydrogens (primary N) is 1. The van der Waals surface area contributed by atoms with Crippen LogP contribution in [0.5, 0.6) is 0 Å². The van der Waals surface area contributed by atoms with Crippen LogP contribution in [0.4, 0.5) is 0 Å². The number of nitrogens with one attached hydrogen (secondary N) is 1. The molecule has 1 aliphatic heterocycles. The predicted molar refractivity (Wildman–Crippen MR) is 84.9 cm³/mol. The number of carbonyl (C=O) groups is 1. The van der Waals surface area contributed by atoms with Crippen LogP contribution < -0.4 is 11.1 Å². The van der Waals surface area contributed by atoms with Gasteiger partial charge in [-0.05, 0) is 54.5 Å². The van der Waals surface area contributed by atoms with Gasteiger partial charge < -0.3 is 11.1 Å². The summed E-state index contributed by atoms with van der Waals surface area (Å²) in [5.74, 6) is 8.77. The lowest BCUT2D eigenvalue weighted by Gasteiger charge is -2.10. The summed E-state index contributed by atoms with van der Waals surface area (Å²) < 4.78 is 0. The summed E-state index contributed by atoms with van der Waals surface area (Å²) in [5.41, 5.74) is 7.93. The molecular formula is C16H20N2OS. The molecule has 2 rings (SSSR count). The zero-order valence-corrected chi connectivity index (χ0v) is 12.6. The van der Waals surface area contributed by atoms with Gasteiger partial charge in [-0.3, -0.25) is 4.79 Å². The maximum atomic E-state index is 12.2. The molecule has 1 amide bonds. The number of amides is 1. The van der Waals surface area contributed by atoms with Crippen molar-refractivity contribution >= 4 is 17.7 Å². The Morgan fingerprint density at radius 1 is 1.50 bits per heavy atom. The Kier molecular flexibility index (Phi) is 5.51. The van der Waals surface area contributed by atoms with E-state index < -0.39 is 0 Å². The van der Waals surface area contributed by atoms with E-state index in [2.05, 4.69) is 17.2 Å². The third-order valence-electron chi connectivity index (χ3n) is 3.25. The standard InChI is InChI=1S/C16H20N2OS/c1-12-7-13(3-2-5-17)9-15(8-12)16(19)18-10-14-4-6-20-11-14/h7-9,14H,4-6,10-11,17H2,1H3,(H,18,19). The number of hydrogen-bond donors (Lipinski definition) is 2. The highest BCUT2D eigenvalue weighted by Gasteiger charge is 2.16. The molecule has 1 unspecified atom stereocenters. The third kappa shape index (κ3) is 4.29. The van der Waals surface area contributed by atoms with E-state index in [0.717, 1.165) is 23.4 Å². The van der Waals surface area contributed by atoms with Gasteiger partial charge in [0.1, 0.15) is 0 Å². The van der Waals surface area contributed by atoms with E-state index in [1.54, 1.807) is 0 Å². The minimum Gasteiger partial charge on any atom is -0.352 e. The molecule has 1 heterocycles. The SMILES string of the molecule is Cc1cc(C#CCN)cc(C(=O)NCC2CCSC2)c1. The molecule has 0 saturated carbocycles. The first-order valence-electron chi connectivity index (χ1n) is 6.85. The number of hydrogen-bond acceptors (Lipinski definition) is 3. The lowest BCUT2D eigenvalue weighted by atomic mass is 10.1. The van der Waals surface area contributed by atoms with Crippen molar-refractivity contribution in [3.05, 3.63) is 34.9 Å². The summed E-state index contributed by atoms with van der Waals surface area (Å²) in [6.07, 6.45) is 1.20. The molecular weight excluding hydrogens is 268 g/mol. The predicted octanol–water partition coefficient (Wildman–Crippen LogP) is 1.79. The van der Waals surface area contributed by atoms with Gasteiger partial charge in [0, 0.05) is 17.7 Å². The van der Waals surface area contributed by atoms with Crippen molar-refractivity contribution in [3.8, 4) is 11.8 Å². The highest BCUT2D eigenvalue weighted by atomic mass is 32.2. The number of thioether (sulfide) groups is 1. The van der Waals surface area contributed by atoms with E-state index in [1.807, 2.05) is 36.9 Å². The van der Waals surface area contributed by atoms with Gasteiger partial charge >= 0.3 is 0 Å². The molecule has 106 valence electrons. The van der Waals surface area contributed by atoms with E-state index in [1.165, 1.54) is 12.2 Å². The second-order valence-electron chi connectivity index (χ2n) is 5.03. The molecule has 0 aromatic heterocycles. The maximum absolute atomic E-state index is 12.2. The minimum absolute atomic E-state index is 0.0126. The molecule has 1 aromatic carbocycles. The van der Waals surface area contributed by atoms with E-state index in [9.17, 15) is 4.79 Å². The minimum atomic E-state index is -0.0126. The molecule has 3 N–H and O–H groups in total. The van der Waals surface area contributed by atoms with Crippen LogP contribution in [0, 0.1) is 24.7 Å². The molecule has 0 bridgehead atoms. The average Bonchev–Trinajstić information content (AvgIpc) is 2.95. The van der Waals surface area contributed by atoms with Crippen LogP contribution in [0.2, 0.25) is 0 Å². The summed E-state index contributed by atoms with van der Waals surface area (Å²) in [6, 6.07) is 5.69. The van der Waals surface area contributed by atoms with E-state index in [4.69, 9.17) is 5.73 Å². The van der Waals surface area contributed by atoms with Crippen LogP contribution in [0.1, 0.15) is 27.9 Å². The van der Waals surface area contributed by atoms with Crippen LogP contribution in [0.15, 0.2) is 18.2 Å². The topological polar surface area (TPSA) is 55.1 Å². The lowest BCUT2D eigenvalue weighted by Crippen LogP contribution is -2.29. The lowest BCUT2D eigenvalue weighted by molar-refractivity contribution is 0.0948. The molecule has 1 atom stereocenters. The summed E-state index contributed by atoms with van der Waals surface area (Å²) >= 11 is 1.96. The van der Waals surface area contributed by atoms with Crippen LogP contribution >= 0.6 is 11.8 Å². The smallest absolute Gasteiger partial charge is 0.251 e. The second kappa shape index (κ2) is 7.37. The van der Waals surface area contributed by atoms with E-state index in [0.29, 0.717) is 18.0 Å². The number of aryl methyl sites for hydroxylation is 1. The summed E-state index contributed by atoms with van der Waals surface area (Å²) in [4.78, 5) is 12.2. The normalized spacial score (nSPS) is 17.4. The van der Waals surface area contributed by atoms with Crippen molar-refractivity contribution in [2.75, 3.05) is 24.6 Å². The van der Waals surface area contributed by atoms with Gasteiger partial charge in [0.15, 0.2) is 0 Å². The van der Waals surface area contributed by atoms with Crippen LogP contribution in [0.25, 0.3) is 0 Å². The van der Waals surface area contributed by atoms with Crippen LogP contribution in [0.3, 0.4) is 0 Å². The summed E-state index contributed by atoms with van der Waals surface area (Å²) in [5, 5.41) is 3.03. The molecule has 0 spiro atoms. The first kappa shape index (κ1) is 15.0. The molecule has 3 nitrogen and oxygen atoms in total. The van der Waals surface area contributed by atoms with Crippen LogP contribution in [-0.2, 0) is 0 Å². The van der Waals surface area contributed by atoms with Crippen molar-refractivity contribution in [1.29, 1.82) is 0 Å². The zero-order chi connectivity index (χ0) is 14.4. The highest BCUT2D eigenvalue weighted by Crippen LogP contribution is 2.22. The Balaban J connectivity index is 2.02. The molecule has 0 radical (unpaired) electrons. The number of carbonyl (C=O) groups excluding carboxylic acids is 1. The van der Waals surface area contributed by atoms with Crippen molar-refractivity contribution in [1.82, 2.24) is 5.32 Å². The highest BCUT2D eigenvalue weighted by molar-refractivity contribution is 7.99. The third-order valence-corrected chi connectivity index (χ3v) is 4.48. The molecule has 4 heteroatoms. The monoisotopic (exact) mass is 288 g/mol. The van der Waals surface area contributed by atoms with Gasteiger partial charge in [-0.1, -0.05) is 11.8 Å². The average molecular weight is 288 g/mol. The zero-order valence-electron chi connectivity index (χ0n) is 11.7. The van der Waals surface area contributed by atoms with Gasteiger partial charge in [-0.15, -0.1) is 0 Å². The van der Waals surface area contributed by atoms with Crippen molar-refractivity contribution in [3.63, 3.8) is 0 Å².